The molecule has 0 fully saturated rings. The average Bonchev–Trinajstić information content (AvgIpc) is 2.44. The molecule has 0 atom stereocenters. The van der Waals surface area contributed by atoms with Gasteiger partial charge in [-0.2, -0.15) is 0 Å². The van der Waals surface area contributed by atoms with Crippen molar-refractivity contribution in [2.45, 2.75) is 19.8 Å². The molecule has 20 heavy (non-hydrogen) atoms. The summed E-state index contributed by atoms with van der Waals surface area (Å²) in [5, 5.41) is 5.36. The quantitative estimate of drug-likeness (QED) is 0.610. The molecule has 4 N–H and O–H groups in total. The largest absolute Gasteiger partial charge is 0.484 e. The summed E-state index contributed by atoms with van der Waals surface area (Å²) in [7, 11) is 0. The van der Waals surface area contributed by atoms with Gasteiger partial charge in [0.05, 0.1) is 0 Å². The predicted octanol–water partition coefficient (Wildman–Crippen LogP) is 0.680. The van der Waals surface area contributed by atoms with E-state index in [0.717, 1.165) is 6.42 Å². The maximum absolute atomic E-state index is 11.5. The van der Waals surface area contributed by atoms with Crippen LogP contribution in [0.1, 0.15) is 19.8 Å². The second kappa shape index (κ2) is 8.79. The van der Waals surface area contributed by atoms with Gasteiger partial charge in [-0.05, 0) is 30.7 Å². The minimum absolute atomic E-state index is 0.0633. The van der Waals surface area contributed by atoms with Gasteiger partial charge in [-0.3, -0.25) is 9.59 Å². The molecule has 0 aliphatic rings. The van der Waals surface area contributed by atoms with E-state index in [2.05, 4.69) is 10.6 Å². The lowest BCUT2D eigenvalue weighted by Gasteiger charge is -2.08. The van der Waals surface area contributed by atoms with Gasteiger partial charge in [0.25, 0.3) is 5.91 Å². The Morgan fingerprint density at radius 1 is 1.10 bits per heavy atom. The van der Waals surface area contributed by atoms with Crippen LogP contribution in [0.15, 0.2) is 24.3 Å². The molecule has 2 amide bonds. The van der Waals surface area contributed by atoms with E-state index in [4.69, 9.17) is 10.5 Å². The zero-order chi connectivity index (χ0) is 14.8. The molecule has 6 heteroatoms. The number of nitrogens with one attached hydrogen (secondary N) is 2. The maximum Gasteiger partial charge on any atom is 0.257 e. The Kier molecular flexibility index (Phi) is 6.95. The summed E-state index contributed by atoms with van der Waals surface area (Å²) in [5.74, 6) is 0.256. The lowest BCUT2D eigenvalue weighted by molar-refractivity contribution is -0.123. The molecule has 1 rings (SSSR count). The van der Waals surface area contributed by atoms with Crippen molar-refractivity contribution in [3.05, 3.63) is 24.3 Å². The third-order valence-corrected chi connectivity index (χ3v) is 2.50. The second-order valence-electron chi connectivity index (χ2n) is 4.31. The van der Waals surface area contributed by atoms with Crippen molar-refractivity contribution >= 4 is 17.5 Å². The topological polar surface area (TPSA) is 93.5 Å². The number of carbonyl (C=O) groups is 2. The number of benzene rings is 1. The fourth-order valence-corrected chi connectivity index (χ4v) is 1.43. The van der Waals surface area contributed by atoms with E-state index in [1.165, 1.54) is 0 Å². The monoisotopic (exact) mass is 279 g/mol. The molecule has 0 saturated heterocycles. The highest BCUT2D eigenvalue weighted by molar-refractivity contribution is 5.79. The first-order valence-corrected chi connectivity index (χ1v) is 6.63. The highest BCUT2D eigenvalue weighted by Crippen LogP contribution is 2.12. The lowest BCUT2D eigenvalue weighted by atomic mass is 10.3. The molecule has 0 saturated carbocycles. The fraction of sp³-hybridized carbons (Fsp3) is 0.429. The molecular weight excluding hydrogens is 258 g/mol. The van der Waals surface area contributed by atoms with Crippen LogP contribution in [-0.4, -0.2) is 31.5 Å². The van der Waals surface area contributed by atoms with Crippen LogP contribution in [-0.2, 0) is 9.59 Å². The molecule has 110 valence electrons. The molecule has 1 aromatic carbocycles. The van der Waals surface area contributed by atoms with Gasteiger partial charge in [0.2, 0.25) is 5.91 Å². The first-order valence-electron chi connectivity index (χ1n) is 6.63. The van der Waals surface area contributed by atoms with Gasteiger partial charge < -0.3 is 21.1 Å². The molecule has 1 aromatic rings. The molecule has 0 bridgehead atoms. The number of anilines is 1. The van der Waals surface area contributed by atoms with Gasteiger partial charge in [-0.25, -0.2) is 0 Å². The van der Waals surface area contributed by atoms with Gasteiger partial charge in [0.15, 0.2) is 6.61 Å². The molecule has 0 aliphatic heterocycles. The summed E-state index contributed by atoms with van der Waals surface area (Å²) in [4.78, 5) is 22.8. The van der Waals surface area contributed by atoms with Crippen LogP contribution in [0.5, 0.6) is 5.75 Å². The smallest absolute Gasteiger partial charge is 0.257 e. The maximum atomic E-state index is 11.5. The van der Waals surface area contributed by atoms with E-state index in [1.54, 1.807) is 24.3 Å². The molecule has 6 nitrogen and oxygen atoms in total. The number of carbonyl (C=O) groups excluding carboxylic acids is 2. The van der Waals surface area contributed by atoms with Crippen molar-refractivity contribution in [1.82, 2.24) is 10.6 Å². The Labute approximate surface area is 118 Å². The van der Waals surface area contributed by atoms with Crippen LogP contribution >= 0.6 is 0 Å². The van der Waals surface area contributed by atoms with Gasteiger partial charge >= 0.3 is 0 Å². The highest BCUT2D eigenvalue weighted by Gasteiger charge is 2.04. The fourth-order valence-electron chi connectivity index (χ4n) is 1.43. The van der Waals surface area contributed by atoms with Crippen molar-refractivity contribution in [2.75, 3.05) is 25.4 Å². The van der Waals surface area contributed by atoms with Crippen LogP contribution in [0.2, 0.25) is 0 Å². The molecule has 0 radical (unpaired) electrons. The minimum Gasteiger partial charge on any atom is -0.484 e. The highest BCUT2D eigenvalue weighted by atomic mass is 16.5. The number of amides is 2. The van der Waals surface area contributed by atoms with E-state index < -0.39 is 0 Å². The number of hydrogen-bond donors (Lipinski definition) is 3. The van der Waals surface area contributed by atoms with Crippen molar-refractivity contribution < 1.29 is 14.3 Å². The Hall–Kier alpha value is -2.24. The average molecular weight is 279 g/mol. The third-order valence-electron chi connectivity index (χ3n) is 2.50. The number of nitrogen functional groups attached to an aromatic ring is 1. The van der Waals surface area contributed by atoms with E-state index in [1.807, 2.05) is 6.92 Å². The van der Waals surface area contributed by atoms with Crippen molar-refractivity contribution in [1.29, 1.82) is 0 Å². The summed E-state index contributed by atoms with van der Waals surface area (Å²) in [6, 6.07) is 6.79. The zero-order valence-electron chi connectivity index (χ0n) is 11.6. The zero-order valence-corrected chi connectivity index (χ0v) is 11.6. The van der Waals surface area contributed by atoms with Crippen LogP contribution in [0.25, 0.3) is 0 Å². The Balaban J connectivity index is 2.14. The molecule has 0 aliphatic carbocycles. The second-order valence-corrected chi connectivity index (χ2v) is 4.31. The van der Waals surface area contributed by atoms with Crippen molar-refractivity contribution in [2.24, 2.45) is 0 Å². The van der Waals surface area contributed by atoms with Crippen molar-refractivity contribution in [3.8, 4) is 5.75 Å². The van der Waals surface area contributed by atoms with Crippen molar-refractivity contribution in [3.63, 3.8) is 0 Å². The van der Waals surface area contributed by atoms with E-state index in [9.17, 15) is 9.59 Å². The van der Waals surface area contributed by atoms with Crippen LogP contribution in [0, 0.1) is 0 Å². The van der Waals surface area contributed by atoms with Gasteiger partial charge in [-0.1, -0.05) is 6.92 Å². The van der Waals surface area contributed by atoms with Crippen LogP contribution < -0.4 is 21.1 Å². The first-order chi connectivity index (χ1) is 9.61. The molecular formula is C14H21N3O3. The normalized spacial score (nSPS) is 9.85. The lowest BCUT2D eigenvalue weighted by Crippen LogP contribution is -2.33. The third kappa shape index (κ3) is 6.63. The van der Waals surface area contributed by atoms with E-state index in [0.29, 0.717) is 24.5 Å². The number of ether oxygens (including phenoxy) is 1. The van der Waals surface area contributed by atoms with Crippen LogP contribution in [0.4, 0.5) is 5.69 Å². The van der Waals surface area contributed by atoms with Crippen LogP contribution in [0.3, 0.4) is 0 Å². The standard InChI is InChI=1S/C14H21N3O3/c1-2-8-16-13(18)7-9-17-14(19)10-20-12-5-3-11(15)4-6-12/h3-6H,2,7-10,15H2,1H3,(H,16,18)(H,17,19). The first kappa shape index (κ1) is 15.8. The number of nitrogens with two attached hydrogens (primary N) is 1. The molecule has 0 spiro atoms. The predicted molar refractivity (Wildman–Crippen MR) is 77.3 cm³/mol. The van der Waals surface area contributed by atoms with E-state index in [-0.39, 0.29) is 24.8 Å². The molecule has 0 unspecified atom stereocenters. The summed E-state index contributed by atoms with van der Waals surface area (Å²) in [5.41, 5.74) is 6.18. The molecule has 0 aromatic heterocycles. The SMILES string of the molecule is CCCNC(=O)CCNC(=O)COc1ccc(N)cc1. The minimum atomic E-state index is -0.259. The Morgan fingerprint density at radius 3 is 2.40 bits per heavy atom. The Bertz CT molecular complexity index is 432. The van der Waals surface area contributed by atoms with Gasteiger partial charge in [-0.15, -0.1) is 0 Å². The summed E-state index contributed by atoms with van der Waals surface area (Å²) >= 11 is 0. The Morgan fingerprint density at radius 2 is 1.75 bits per heavy atom. The molecule has 0 heterocycles. The summed E-state index contributed by atoms with van der Waals surface area (Å²) in [6.45, 7) is 2.86. The number of rotatable bonds is 8. The van der Waals surface area contributed by atoms with E-state index >= 15 is 0 Å². The van der Waals surface area contributed by atoms with Gasteiger partial charge in [0.1, 0.15) is 5.75 Å². The van der Waals surface area contributed by atoms with Gasteiger partial charge in [0, 0.05) is 25.2 Å². The number of hydrogen-bond acceptors (Lipinski definition) is 4. The summed E-state index contributed by atoms with van der Waals surface area (Å²) < 4.78 is 5.28. The summed E-state index contributed by atoms with van der Waals surface area (Å²) in [6.07, 6.45) is 1.17.